The van der Waals surface area contributed by atoms with Crippen molar-refractivity contribution in [3.8, 4) is 5.75 Å². The summed E-state index contributed by atoms with van der Waals surface area (Å²) < 4.78 is 5.54. The third-order valence-corrected chi connectivity index (χ3v) is 2.26. The molecule has 0 saturated heterocycles. The topological polar surface area (TPSA) is 52.3 Å². The normalized spacial score (nSPS) is 10.1. The number of carbonyl (C=O) groups excluding carboxylic acids is 1. The Balaban J connectivity index is 2.73. The third-order valence-electron chi connectivity index (χ3n) is 2.26. The van der Waals surface area contributed by atoms with Crippen LogP contribution in [0.25, 0.3) is 0 Å². The van der Waals surface area contributed by atoms with Gasteiger partial charge in [0.15, 0.2) is 5.78 Å². The van der Waals surface area contributed by atoms with Gasteiger partial charge < -0.3 is 10.5 Å². The summed E-state index contributed by atoms with van der Waals surface area (Å²) >= 11 is 0. The molecule has 0 unspecified atom stereocenters. The Hall–Kier alpha value is -1.35. The Kier molecular flexibility index (Phi) is 5.57. The zero-order valence-corrected chi connectivity index (χ0v) is 9.74. The van der Waals surface area contributed by atoms with Crippen molar-refractivity contribution in [3.63, 3.8) is 0 Å². The summed E-state index contributed by atoms with van der Waals surface area (Å²) in [7, 11) is 0. The number of rotatable bonds is 7. The summed E-state index contributed by atoms with van der Waals surface area (Å²) in [4.78, 5) is 11.9. The van der Waals surface area contributed by atoms with Crippen molar-refractivity contribution in [2.24, 2.45) is 5.73 Å². The van der Waals surface area contributed by atoms with Crippen LogP contribution in [0.3, 0.4) is 0 Å². The molecule has 0 spiro atoms. The molecule has 2 N–H and O–H groups in total. The molecule has 0 amide bonds. The van der Waals surface area contributed by atoms with Gasteiger partial charge in [-0.15, -0.1) is 0 Å². The van der Waals surface area contributed by atoms with Crippen LogP contribution in [-0.4, -0.2) is 18.9 Å². The van der Waals surface area contributed by atoms with Crippen LogP contribution >= 0.6 is 0 Å². The number of ketones is 1. The second-order valence-corrected chi connectivity index (χ2v) is 3.66. The van der Waals surface area contributed by atoms with E-state index < -0.39 is 0 Å². The van der Waals surface area contributed by atoms with Crippen LogP contribution in [-0.2, 0) is 0 Å². The van der Waals surface area contributed by atoms with Crippen molar-refractivity contribution >= 4 is 5.78 Å². The lowest BCUT2D eigenvalue weighted by Gasteiger charge is -2.09. The summed E-state index contributed by atoms with van der Waals surface area (Å²) in [5.74, 6) is 0.795. The van der Waals surface area contributed by atoms with Gasteiger partial charge in [0.2, 0.25) is 0 Å². The van der Waals surface area contributed by atoms with Crippen LogP contribution in [0.4, 0.5) is 0 Å². The molecule has 1 rings (SSSR count). The number of carbonyl (C=O) groups is 1. The van der Waals surface area contributed by atoms with E-state index in [4.69, 9.17) is 10.5 Å². The van der Waals surface area contributed by atoms with E-state index in [0.29, 0.717) is 30.9 Å². The van der Waals surface area contributed by atoms with Crippen molar-refractivity contribution in [3.05, 3.63) is 29.8 Å². The van der Waals surface area contributed by atoms with E-state index in [-0.39, 0.29) is 5.78 Å². The number of hydrogen-bond donors (Lipinski definition) is 1. The second kappa shape index (κ2) is 7.01. The molecule has 1 aromatic carbocycles. The maximum Gasteiger partial charge on any atom is 0.166 e. The second-order valence-electron chi connectivity index (χ2n) is 3.66. The Morgan fingerprint density at radius 1 is 1.38 bits per heavy atom. The first-order valence-electron chi connectivity index (χ1n) is 5.74. The number of hydrogen-bond acceptors (Lipinski definition) is 3. The van der Waals surface area contributed by atoms with Gasteiger partial charge in [-0.05, 0) is 31.5 Å². The van der Waals surface area contributed by atoms with Crippen molar-refractivity contribution in [1.82, 2.24) is 0 Å². The molecule has 0 aliphatic carbocycles. The number of para-hydroxylation sites is 1. The highest BCUT2D eigenvalue weighted by Gasteiger charge is 2.10. The summed E-state index contributed by atoms with van der Waals surface area (Å²) in [5, 5.41) is 0. The molecule has 0 aliphatic heterocycles. The average molecular weight is 221 g/mol. The fourth-order valence-corrected chi connectivity index (χ4v) is 1.43. The maximum atomic E-state index is 11.9. The minimum absolute atomic E-state index is 0.108. The fraction of sp³-hybridized carbons (Fsp3) is 0.462. The smallest absolute Gasteiger partial charge is 0.166 e. The van der Waals surface area contributed by atoms with E-state index in [9.17, 15) is 4.79 Å². The number of nitrogens with two attached hydrogens (primary N) is 1. The van der Waals surface area contributed by atoms with Crippen LogP contribution in [0.5, 0.6) is 5.75 Å². The minimum Gasteiger partial charge on any atom is -0.493 e. The molecule has 0 bridgehead atoms. The SMILES string of the molecule is CCCOc1ccccc1C(=O)CCCN. The predicted octanol–water partition coefficient (Wildman–Crippen LogP) is 2.40. The van der Waals surface area contributed by atoms with E-state index in [1.165, 1.54) is 0 Å². The molecule has 0 heterocycles. The Bertz CT molecular complexity index is 336. The van der Waals surface area contributed by atoms with Gasteiger partial charge in [0.1, 0.15) is 5.75 Å². The molecule has 88 valence electrons. The van der Waals surface area contributed by atoms with Gasteiger partial charge in [0.25, 0.3) is 0 Å². The van der Waals surface area contributed by atoms with Gasteiger partial charge in [-0.25, -0.2) is 0 Å². The summed E-state index contributed by atoms with van der Waals surface area (Å²) in [6, 6.07) is 7.38. The summed E-state index contributed by atoms with van der Waals surface area (Å²) in [5.41, 5.74) is 6.06. The van der Waals surface area contributed by atoms with E-state index >= 15 is 0 Å². The van der Waals surface area contributed by atoms with Gasteiger partial charge in [-0.1, -0.05) is 19.1 Å². The van der Waals surface area contributed by atoms with Crippen LogP contribution in [0.1, 0.15) is 36.5 Å². The van der Waals surface area contributed by atoms with Crippen molar-refractivity contribution < 1.29 is 9.53 Å². The first-order chi connectivity index (χ1) is 7.79. The lowest BCUT2D eigenvalue weighted by molar-refractivity contribution is 0.0977. The minimum atomic E-state index is 0.108. The molecule has 0 fully saturated rings. The van der Waals surface area contributed by atoms with Gasteiger partial charge in [-0.3, -0.25) is 4.79 Å². The molecule has 16 heavy (non-hydrogen) atoms. The van der Waals surface area contributed by atoms with Gasteiger partial charge in [0, 0.05) is 6.42 Å². The number of ether oxygens (including phenoxy) is 1. The lowest BCUT2D eigenvalue weighted by Crippen LogP contribution is -2.07. The highest BCUT2D eigenvalue weighted by atomic mass is 16.5. The number of Topliss-reactive ketones (excluding diaryl/α,β-unsaturated/α-hetero) is 1. The highest BCUT2D eigenvalue weighted by Crippen LogP contribution is 2.20. The fourth-order valence-electron chi connectivity index (χ4n) is 1.43. The molecular formula is C13H19NO2. The van der Waals surface area contributed by atoms with Gasteiger partial charge >= 0.3 is 0 Å². The van der Waals surface area contributed by atoms with Crippen LogP contribution in [0.15, 0.2) is 24.3 Å². The zero-order chi connectivity index (χ0) is 11.8. The number of benzene rings is 1. The zero-order valence-electron chi connectivity index (χ0n) is 9.74. The largest absolute Gasteiger partial charge is 0.493 e. The Morgan fingerprint density at radius 3 is 2.81 bits per heavy atom. The lowest BCUT2D eigenvalue weighted by atomic mass is 10.1. The van der Waals surface area contributed by atoms with E-state index in [1.54, 1.807) is 0 Å². The monoisotopic (exact) mass is 221 g/mol. The maximum absolute atomic E-state index is 11.9. The third kappa shape index (κ3) is 3.66. The van der Waals surface area contributed by atoms with Crippen molar-refractivity contribution in [1.29, 1.82) is 0 Å². The quantitative estimate of drug-likeness (QED) is 0.719. The van der Waals surface area contributed by atoms with Crippen LogP contribution < -0.4 is 10.5 Å². The molecule has 0 radical (unpaired) electrons. The van der Waals surface area contributed by atoms with Crippen molar-refractivity contribution in [2.75, 3.05) is 13.2 Å². The van der Waals surface area contributed by atoms with E-state index in [1.807, 2.05) is 31.2 Å². The van der Waals surface area contributed by atoms with E-state index in [2.05, 4.69) is 0 Å². The molecule has 3 heteroatoms. The standard InChI is InChI=1S/C13H19NO2/c1-2-10-16-13-8-4-3-6-11(13)12(15)7-5-9-14/h3-4,6,8H,2,5,7,9-10,14H2,1H3. The molecule has 0 aliphatic rings. The molecular weight excluding hydrogens is 202 g/mol. The summed E-state index contributed by atoms with van der Waals surface area (Å²) in [6.07, 6.45) is 2.15. The van der Waals surface area contributed by atoms with Crippen LogP contribution in [0, 0.1) is 0 Å². The van der Waals surface area contributed by atoms with Gasteiger partial charge in [0.05, 0.1) is 12.2 Å². The Morgan fingerprint density at radius 2 is 2.12 bits per heavy atom. The predicted molar refractivity (Wildman–Crippen MR) is 64.8 cm³/mol. The highest BCUT2D eigenvalue weighted by molar-refractivity contribution is 5.98. The average Bonchev–Trinajstić information content (AvgIpc) is 2.33. The van der Waals surface area contributed by atoms with E-state index in [0.717, 1.165) is 12.8 Å². The molecule has 3 nitrogen and oxygen atoms in total. The van der Waals surface area contributed by atoms with Crippen molar-refractivity contribution in [2.45, 2.75) is 26.2 Å². The Labute approximate surface area is 96.6 Å². The first kappa shape index (κ1) is 12.7. The molecule has 0 aromatic heterocycles. The molecule has 0 saturated carbocycles. The summed E-state index contributed by atoms with van der Waals surface area (Å²) in [6.45, 7) is 3.23. The molecule has 1 aromatic rings. The van der Waals surface area contributed by atoms with Crippen LogP contribution in [0.2, 0.25) is 0 Å². The van der Waals surface area contributed by atoms with Gasteiger partial charge in [-0.2, -0.15) is 0 Å². The molecule has 0 atom stereocenters. The first-order valence-corrected chi connectivity index (χ1v) is 5.74.